The van der Waals surface area contributed by atoms with Crippen molar-refractivity contribution in [2.45, 2.75) is 44.5 Å². The minimum atomic E-state index is -1.11. The smallest absolute Gasteiger partial charge is 0.303 e. The molecule has 8 nitrogen and oxygen atoms in total. The number of ether oxygens (including phenoxy) is 4. The summed E-state index contributed by atoms with van der Waals surface area (Å²) >= 11 is 1.18. The van der Waals surface area contributed by atoms with Gasteiger partial charge in [-0.3, -0.25) is 19.4 Å². The third kappa shape index (κ3) is 6.41. The molecule has 4 atom stereocenters. The van der Waals surface area contributed by atoms with Crippen molar-refractivity contribution in [2.24, 2.45) is 0 Å². The maximum Gasteiger partial charge on any atom is 0.303 e. The molecule has 1 fully saturated rings. The molecule has 0 radical (unpaired) electrons. The molecule has 33 heavy (non-hydrogen) atoms. The van der Waals surface area contributed by atoms with E-state index in [1.165, 1.54) is 57.1 Å². The molecule has 176 valence electrons. The van der Waals surface area contributed by atoms with Gasteiger partial charge in [-0.15, -0.1) is 11.8 Å². The number of halogens is 2. The predicted molar refractivity (Wildman–Crippen MR) is 113 cm³/mol. The Bertz CT molecular complexity index is 1050. The molecule has 3 rings (SSSR count). The van der Waals surface area contributed by atoms with E-state index in [1.807, 2.05) is 0 Å². The quantitative estimate of drug-likeness (QED) is 0.454. The highest BCUT2D eigenvalue weighted by Gasteiger charge is 2.47. The lowest BCUT2D eigenvalue weighted by molar-refractivity contribution is -0.186. The van der Waals surface area contributed by atoms with E-state index in [1.54, 1.807) is 0 Å². The van der Waals surface area contributed by atoms with Crippen LogP contribution in [0.15, 0.2) is 36.7 Å². The Hall–Kier alpha value is -3.21. The Morgan fingerprint density at radius 3 is 2.24 bits per heavy atom. The van der Waals surface area contributed by atoms with Gasteiger partial charge >= 0.3 is 17.9 Å². The Balaban J connectivity index is 1.88. The summed E-state index contributed by atoms with van der Waals surface area (Å²) in [7, 11) is 0. The predicted octanol–water partition coefficient (Wildman–Crippen LogP) is 3.27. The van der Waals surface area contributed by atoms with Crippen LogP contribution in [0.5, 0.6) is 5.75 Å². The van der Waals surface area contributed by atoms with Gasteiger partial charge in [-0.05, 0) is 18.2 Å². The molecule has 2 heterocycles. The second-order valence-corrected chi connectivity index (χ2v) is 8.28. The first-order valence-electron chi connectivity index (χ1n) is 9.84. The van der Waals surface area contributed by atoms with E-state index >= 15 is 0 Å². The molecule has 0 N–H and O–H groups in total. The van der Waals surface area contributed by atoms with Crippen LogP contribution in [0.25, 0.3) is 11.1 Å². The number of rotatable bonds is 6. The lowest BCUT2D eigenvalue weighted by Gasteiger charge is -2.39. The van der Waals surface area contributed by atoms with Crippen LogP contribution in [0.4, 0.5) is 8.78 Å². The summed E-state index contributed by atoms with van der Waals surface area (Å²) in [5.41, 5.74) is -0.403. The first kappa shape index (κ1) is 24.4. The van der Waals surface area contributed by atoms with E-state index in [9.17, 15) is 23.2 Å². The fraction of sp³-hybridized carbons (Fsp3) is 0.364. The second kappa shape index (κ2) is 10.6. The molecule has 1 aromatic heterocycles. The number of benzene rings is 1. The summed E-state index contributed by atoms with van der Waals surface area (Å²) in [4.78, 5) is 39.0. The van der Waals surface area contributed by atoms with Crippen LogP contribution in [-0.2, 0) is 28.6 Å². The van der Waals surface area contributed by atoms with Gasteiger partial charge in [0, 0.05) is 49.9 Å². The number of esters is 3. The van der Waals surface area contributed by atoms with Gasteiger partial charge in [0.15, 0.2) is 23.7 Å². The maximum absolute atomic E-state index is 14.2. The number of hydrogen-bond acceptors (Lipinski definition) is 9. The van der Waals surface area contributed by atoms with Crippen LogP contribution in [0.2, 0.25) is 0 Å². The molecule has 0 unspecified atom stereocenters. The molecule has 0 saturated carbocycles. The summed E-state index contributed by atoms with van der Waals surface area (Å²) in [6, 6.07) is 4.66. The first-order valence-corrected chi connectivity index (χ1v) is 10.9. The van der Waals surface area contributed by atoms with E-state index in [2.05, 4.69) is 4.98 Å². The first-order chi connectivity index (χ1) is 15.6. The molecule has 11 heteroatoms. The van der Waals surface area contributed by atoms with Crippen LogP contribution in [0.3, 0.4) is 0 Å². The zero-order valence-electron chi connectivity index (χ0n) is 17.9. The number of carbonyl (C=O) groups is 3. The topological polar surface area (TPSA) is 101 Å². The average Bonchev–Trinajstić information content (AvgIpc) is 2.71. The van der Waals surface area contributed by atoms with E-state index in [0.717, 1.165) is 12.1 Å². The van der Waals surface area contributed by atoms with Crippen molar-refractivity contribution in [3.05, 3.63) is 48.3 Å². The monoisotopic (exact) mass is 481 g/mol. The number of carbonyl (C=O) groups excluding carboxylic acids is 3. The Labute approximate surface area is 192 Å². The average molecular weight is 481 g/mol. The van der Waals surface area contributed by atoms with Crippen molar-refractivity contribution in [2.75, 3.05) is 5.75 Å². The van der Waals surface area contributed by atoms with Crippen molar-refractivity contribution in [3.8, 4) is 16.9 Å². The molecule has 1 aliphatic rings. The van der Waals surface area contributed by atoms with Crippen LogP contribution >= 0.6 is 11.8 Å². The molecule has 0 amide bonds. The van der Waals surface area contributed by atoms with E-state index in [0.29, 0.717) is 5.56 Å². The van der Waals surface area contributed by atoms with Gasteiger partial charge in [0.25, 0.3) is 0 Å². The van der Waals surface area contributed by atoms with Crippen LogP contribution < -0.4 is 4.74 Å². The molecular weight excluding hydrogens is 460 g/mol. The molecule has 1 saturated heterocycles. The molecule has 0 spiro atoms. The molecule has 1 aliphatic heterocycles. The summed E-state index contributed by atoms with van der Waals surface area (Å²) < 4.78 is 49.3. The Morgan fingerprint density at radius 1 is 0.939 bits per heavy atom. The van der Waals surface area contributed by atoms with Crippen molar-refractivity contribution in [1.82, 2.24) is 4.98 Å². The van der Waals surface area contributed by atoms with Crippen LogP contribution in [0.1, 0.15) is 20.8 Å². The lowest BCUT2D eigenvalue weighted by atomic mass is 10.1. The van der Waals surface area contributed by atoms with Crippen LogP contribution in [-0.4, -0.2) is 52.4 Å². The van der Waals surface area contributed by atoms with Crippen molar-refractivity contribution in [3.63, 3.8) is 0 Å². The largest absolute Gasteiger partial charge is 0.474 e. The normalized spacial score (nSPS) is 22.2. The maximum atomic E-state index is 14.2. The highest BCUT2D eigenvalue weighted by molar-refractivity contribution is 7.99. The third-order valence-corrected chi connectivity index (χ3v) is 5.73. The fourth-order valence-electron chi connectivity index (χ4n) is 3.30. The number of nitrogens with zero attached hydrogens (tertiary/aromatic N) is 1. The van der Waals surface area contributed by atoms with Gasteiger partial charge in [-0.2, -0.15) is 0 Å². The van der Waals surface area contributed by atoms with Crippen molar-refractivity contribution in [1.29, 1.82) is 0 Å². The van der Waals surface area contributed by atoms with E-state index in [-0.39, 0.29) is 17.1 Å². The second-order valence-electron chi connectivity index (χ2n) is 7.15. The molecule has 0 aliphatic carbocycles. The minimum absolute atomic E-state index is 0.120. The highest BCUT2D eigenvalue weighted by Crippen LogP contribution is 2.35. The number of aromatic nitrogens is 1. The fourth-order valence-corrected chi connectivity index (χ4v) is 4.51. The minimum Gasteiger partial charge on any atom is -0.474 e. The SMILES string of the molecule is CC(=O)O[C@@H]1[C@@H](OC(C)=O)[C@H](OC(C)=O)CS[C@H]1Oc1cncc(-c2ccc(F)cc2F)c1. The van der Waals surface area contributed by atoms with Gasteiger partial charge < -0.3 is 18.9 Å². The van der Waals surface area contributed by atoms with Gasteiger partial charge in [0.1, 0.15) is 17.4 Å². The van der Waals surface area contributed by atoms with Crippen molar-refractivity contribution >= 4 is 29.7 Å². The standard InChI is InChI=1S/C22H21F2NO7S/c1-11(26)29-19-10-33-22(21(31-13(3)28)20(19)30-12(2)27)32-16-6-14(8-25-9-16)17-5-4-15(23)7-18(17)24/h4-9,19-22H,10H2,1-3H3/t19-,20+,21-,22-/m1/s1. The van der Waals surface area contributed by atoms with Crippen LogP contribution in [0, 0.1) is 11.6 Å². The molecule has 1 aromatic carbocycles. The summed E-state index contributed by atoms with van der Waals surface area (Å²) in [5, 5.41) is 0. The zero-order chi connectivity index (χ0) is 24.1. The van der Waals surface area contributed by atoms with Gasteiger partial charge in [-0.1, -0.05) is 0 Å². The van der Waals surface area contributed by atoms with E-state index in [4.69, 9.17) is 18.9 Å². The highest BCUT2D eigenvalue weighted by atomic mass is 32.2. The summed E-state index contributed by atoms with van der Waals surface area (Å²) in [6.45, 7) is 3.57. The molecule has 0 bridgehead atoms. The van der Waals surface area contributed by atoms with Crippen molar-refractivity contribution < 1.29 is 42.1 Å². The van der Waals surface area contributed by atoms with Gasteiger partial charge in [0.2, 0.25) is 0 Å². The number of thioether (sulfide) groups is 1. The molecular formula is C22H21F2NO7S. The Kier molecular flexibility index (Phi) is 7.85. The van der Waals surface area contributed by atoms with E-state index < -0.39 is 53.3 Å². The van der Waals surface area contributed by atoms with Gasteiger partial charge in [0.05, 0.1) is 6.20 Å². The summed E-state index contributed by atoms with van der Waals surface area (Å²) in [6.07, 6.45) is -0.319. The third-order valence-electron chi connectivity index (χ3n) is 4.51. The lowest BCUT2D eigenvalue weighted by Crippen LogP contribution is -2.55. The zero-order valence-corrected chi connectivity index (χ0v) is 18.8. The molecule has 2 aromatic rings. The number of pyridine rings is 1. The Morgan fingerprint density at radius 2 is 1.61 bits per heavy atom. The van der Waals surface area contributed by atoms with Gasteiger partial charge in [-0.25, -0.2) is 8.78 Å². The summed E-state index contributed by atoms with van der Waals surface area (Å²) in [5.74, 6) is -2.98. The number of hydrogen-bond donors (Lipinski definition) is 0.